The summed E-state index contributed by atoms with van der Waals surface area (Å²) in [7, 11) is -1.78. The Morgan fingerprint density at radius 2 is 1.72 bits per heavy atom. The van der Waals surface area contributed by atoms with Crippen molar-refractivity contribution in [2.24, 2.45) is 0 Å². The Morgan fingerprint density at radius 1 is 1.03 bits per heavy atom. The molecule has 0 aliphatic carbocycles. The molecule has 0 fully saturated rings. The van der Waals surface area contributed by atoms with Gasteiger partial charge in [-0.25, -0.2) is 16.8 Å². The van der Waals surface area contributed by atoms with Gasteiger partial charge in [0.2, 0.25) is 0 Å². The summed E-state index contributed by atoms with van der Waals surface area (Å²) < 4.78 is 42.7. The average Bonchev–Trinajstić information content (AvgIpc) is 3.00. The van der Waals surface area contributed by atoms with Crippen LogP contribution in [0.2, 0.25) is 0 Å². The molecule has 0 saturated heterocycles. The Kier molecular flexibility index (Phi) is 4.87. The van der Waals surface area contributed by atoms with Crippen LogP contribution in [0.15, 0.2) is 47.5 Å². The Hall–Kier alpha value is -2.44. The second-order valence-corrected chi connectivity index (χ2v) is 9.73. The first-order chi connectivity index (χ1) is 13.7. The quantitative estimate of drug-likeness (QED) is 0.628. The highest BCUT2D eigenvalue weighted by Gasteiger charge is 2.26. The van der Waals surface area contributed by atoms with Gasteiger partial charge in [-0.1, -0.05) is 23.8 Å². The van der Waals surface area contributed by atoms with Gasteiger partial charge >= 0.3 is 0 Å². The molecule has 0 saturated carbocycles. The summed E-state index contributed by atoms with van der Waals surface area (Å²) in [5.41, 5.74) is 4.80. The highest BCUT2D eigenvalue weighted by Crippen LogP contribution is 2.34. The first-order valence-electron chi connectivity index (χ1n) is 9.70. The molecule has 1 aromatic heterocycles. The first-order valence-corrected chi connectivity index (χ1v) is 11.1. The van der Waals surface area contributed by atoms with E-state index >= 15 is 0 Å². The maximum Gasteiger partial charge on any atom is 0.268 e. The van der Waals surface area contributed by atoms with Crippen LogP contribution in [-0.4, -0.2) is 37.4 Å². The van der Waals surface area contributed by atoms with E-state index in [1.54, 1.807) is 12.3 Å². The van der Waals surface area contributed by atoms with Gasteiger partial charge in [0.05, 0.1) is 10.4 Å². The van der Waals surface area contributed by atoms with E-state index in [-0.39, 0.29) is 5.82 Å². The lowest BCUT2D eigenvalue weighted by atomic mass is 9.99. The zero-order valence-corrected chi connectivity index (χ0v) is 18.0. The number of fused-ring (bicyclic) bond motifs is 1. The van der Waals surface area contributed by atoms with Crippen LogP contribution in [0, 0.1) is 26.6 Å². The van der Waals surface area contributed by atoms with Crippen LogP contribution in [0.5, 0.6) is 0 Å². The van der Waals surface area contributed by atoms with E-state index < -0.39 is 10.0 Å². The molecular formula is C23H25FN2O2S. The number of nitrogens with zero attached hydrogens (tertiary/aromatic N) is 2. The molecule has 0 bridgehead atoms. The van der Waals surface area contributed by atoms with Gasteiger partial charge in [0, 0.05) is 30.2 Å². The van der Waals surface area contributed by atoms with Gasteiger partial charge in [-0.15, -0.1) is 0 Å². The molecular weight excluding hydrogens is 387 g/mol. The van der Waals surface area contributed by atoms with Crippen molar-refractivity contribution in [2.45, 2.75) is 32.1 Å². The van der Waals surface area contributed by atoms with Gasteiger partial charge in [0.25, 0.3) is 10.0 Å². The molecule has 0 unspecified atom stereocenters. The van der Waals surface area contributed by atoms with Crippen molar-refractivity contribution in [3.63, 3.8) is 0 Å². The minimum absolute atomic E-state index is 0.313. The lowest BCUT2D eigenvalue weighted by Crippen LogP contribution is -2.23. The minimum Gasteiger partial charge on any atom is -0.302 e. The third kappa shape index (κ3) is 3.40. The van der Waals surface area contributed by atoms with E-state index in [1.165, 1.54) is 16.1 Å². The molecule has 0 amide bonds. The van der Waals surface area contributed by atoms with Crippen LogP contribution >= 0.6 is 0 Å². The number of aromatic nitrogens is 1. The van der Waals surface area contributed by atoms with Gasteiger partial charge in [0.1, 0.15) is 5.82 Å². The number of likely N-dealkylation sites (N-methyl/N-ethyl adjacent to an activating group) is 1. The zero-order valence-electron chi connectivity index (χ0n) is 17.2. The highest BCUT2D eigenvalue weighted by atomic mass is 32.2. The summed E-state index contributed by atoms with van der Waals surface area (Å²) in [6, 6.07) is 8.07. The first kappa shape index (κ1) is 19.9. The Labute approximate surface area is 171 Å². The predicted molar refractivity (Wildman–Crippen MR) is 115 cm³/mol. The van der Waals surface area contributed by atoms with E-state index in [4.69, 9.17) is 0 Å². The lowest BCUT2D eigenvalue weighted by molar-refractivity contribution is 0.370. The number of rotatable bonds is 3. The Bertz CT molecular complexity index is 1230. The van der Waals surface area contributed by atoms with E-state index in [2.05, 4.69) is 11.0 Å². The van der Waals surface area contributed by atoms with Crippen molar-refractivity contribution in [2.75, 3.05) is 20.1 Å². The van der Waals surface area contributed by atoms with Crippen LogP contribution < -0.4 is 0 Å². The fourth-order valence-corrected chi connectivity index (χ4v) is 6.11. The number of hydrogen-bond donors (Lipinski definition) is 0. The topological polar surface area (TPSA) is 42.3 Å². The molecule has 0 radical (unpaired) electrons. The third-order valence-corrected chi connectivity index (χ3v) is 7.59. The van der Waals surface area contributed by atoms with Crippen LogP contribution in [0.4, 0.5) is 4.39 Å². The lowest BCUT2D eigenvalue weighted by Gasteiger charge is -2.21. The van der Waals surface area contributed by atoms with Crippen molar-refractivity contribution in [3.8, 4) is 0 Å². The summed E-state index contributed by atoms with van der Waals surface area (Å²) in [5, 5.41) is 0.631. The van der Waals surface area contributed by atoms with E-state index in [0.29, 0.717) is 26.9 Å². The maximum atomic E-state index is 14.1. The molecule has 0 N–H and O–H groups in total. The molecule has 2 aromatic carbocycles. The molecule has 0 atom stereocenters. The maximum absolute atomic E-state index is 14.1. The summed E-state index contributed by atoms with van der Waals surface area (Å²) in [6.07, 6.45) is 4.56. The van der Waals surface area contributed by atoms with Gasteiger partial charge in [-0.2, -0.15) is 0 Å². The summed E-state index contributed by atoms with van der Waals surface area (Å²) >= 11 is 0. The number of halogens is 1. The number of aryl methyl sites for hydroxylation is 3. The van der Waals surface area contributed by atoms with Crippen molar-refractivity contribution in [3.05, 3.63) is 70.7 Å². The third-order valence-electron chi connectivity index (χ3n) is 5.61. The van der Waals surface area contributed by atoms with Crippen LogP contribution in [0.25, 0.3) is 16.5 Å². The van der Waals surface area contributed by atoms with Crippen molar-refractivity contribution >= 4 is 26.5 Å². The number of benzene rings is 2. The minimum atomic E-state index is -3.83. The van der Waals surface area contributed by atoms with E-state index in [0.717, 1.165) is 36.2 Å². The SMILES string of the molecule is Cc1cc(C)c(S(=O)(=O)n2cc(C3=CCN(C)CC3)c3cc(F)ccc32)c(C)c1. The van der Waals surface area contributed by atoms with Gasteiger partial charge in [-0.05, 0) is 69.1 Å². The molecule has 152 valence electrons. The van der Waals surface area contributed by atoms with E-state index in [1.807, 2.05) is 40.0 Å². The zero-order chi connectivity index (χ0) is 20.9. The largest absolute Gasteiger partial charge is 0.302 e. The van der Waals surface area contributed by atoms with Crippen molar-refractivity contribution in [1.82, 2.24) is 8.87 Å². The fourth-order valence-electron chi connectivity index (χ4n) is 4.31. The van der Waals surface area contributed by atoms with Gasteiger partial charge in [-0.3, -0.25) is 0 Å². The Balaban J connectivity index is 1.98. The smallest absolute Gasteiger partial charge is 0.268 e. The standard InChI is InChI=1S/C23H25FN2O2S/c1-15-11-16(2)23(17(3)12-15)29(27,28)26-14-21(18-7-9-25(4)10-8-18)20-13-19(24)5-6-22(20)26/h5-7,11-14H,8-10H2,1-4H3. The molecule has 0 spiro atoms. The molecule has 4 nitrogen and oxygen atoms in total. The van der Waals surface area contributed by atoms with Gasteiger partial charge < -0.3 is 4.90 Å². The van der Waals surface area contributed by atoms with Crippen molar-refractivity contribution < 1.29 is 12.8 Å². The normalized spacial score (nSPS) is 15.7. The van der Waals surface area contributed by atoms with Gasteiger partial charge in [0.15, 0.2) is 0 Å². The molecule has 3 aromatic rings. The Morgan fingerprint density at radius 3 is 2.34 bits per heavy atom. The van der Waals surface area contributed by atoms with Crippen LogP contribution in [0.3, 0.4) is 0 Å². The monoisotopic (exact) mass is 412 g/mol. The second-order valence-electron chi connectivity index (χ2n) is 7.97. The number of hydrogen-bond acceptors (Lipinski definition) is 3. The molecule has 1 aliphatic rings. The van der Waals surface area contributed by atoms with Crippen molar-refractivity contribution in [1.29, 1.82) is 0 Å². The molecule has 6 heteroatoms. The summed E-state index contributed by atoms with van der Waals surface area (Å²) in [6.45, 7) is 7.27. The highest BCUT2D eigenvalue weighted by molar-refractivity contribution is 7.90. The van der Waals surface area contributed by atoms with E-state index in [9.17, 15) is 12.8 Å². The van der Waals surface area contributed by atoms with Crippen LogP contribution in [0.1, 0.15) is 28.7 Å². The molecule has 2 heterocycles. The second kappa shape index (κ2) is 7.11. The fraction of sp³-hybridized carbons (Fsp3) is 0.304. The summed E-state index contributed by atoms with van der Waals surface area (Å²) in [5.74, 6) is -0.370. The molecule has 4 rings (SSSR count). The molecule has 29 heavy (non-hydrogen) atoms. The summed E-state index contributed by atoms with van der Waals surface area (Å²) in [4.78, 5) is 2.51. The predicted octanol–water partition coefficient (Wildman–Crippen LogP) is 4.66. The average molecular weight is 413 g/mol. The van der Waals surface area contributed by atoms with Crippen LogP contribution in [-0.2, 0) is 10.0 Å². The molecule has 1 aliphatic heterocycles.